The Bertz CT molecular complexity index is 534. The molecule has 0 saturated carbocycles. The molecule has 1 aliphatic rings. The summed E-state index contributed by atoms with van der Waals surface area (Å²) in [5.41, 5.74) is 2.90. The second kappa shape index (κ2) is 5.47. The first kappa shape index (κ1) is 12.9. The van der Waals surface area contributed by atoms with E-state index in [1.165, 1.54) is 29.7 Å². The van der Waals surface area contributed by atoms with Gasteiger partial charge in [0.1, 0.15) is 0 Å². The number of nitrogens with zero attached hydrogens (tertiary/aromatic N) is 2. The molecule has 0 bridgehead atoms. The third kappa shape index (κ3) is 2.60. The van der Waals surface area contributed by atoms with E-state index in [4.69, 9.17) is 0 Å². The van der Waals surface area contributed by atoms with E-state index in [0.29, 0.717) is 6.04 Å². The Labute approximate surface area is 118 Å². The topological polar surface area (TPSA) is 29.9 Å². The predicted molar refractivity (Wildman–Crippen MR) is 79.7 cm³/mol. The molecule has 0 spiro atoms. The Hall–Kier alpha value is -1.13. The predicted octanol–water partition coefficient (Wildman–Crippen LogP) is 2.96. The lowest BCUT2D eigenvalue weighted by Crippen LogP contribution is -2.17. The van der Waals surface area contributed by atoms with Gasteiger partial charge in [-0.1, -0.05) is 0 Å². The van der Waals surface area contributed by atoms with Gasteiger partial charge in [-0.05, 0) is 56.8 Å². The number of nitrogens with one attached hydrogen (secondary N) is 1. The van der Waals surface area contributed by atoms with Crippen molar-refractivity contribution in [3.8, 4) is 0 Å². The van der Waals surface area contributed by atoms with Crippen LogP contribution >= 0.6 is 11.3 Å². The summed E-state index contributed by atoms with van der Waals surface area (Å²) in [6.07, 6.45) is 9.08. The smallest absolute Gasteiger partial charge is 0.0522 e. The summed E-state index contributed by atoms with van der Waals surface area (Å²) in [7, 11) is 2.06. The Morgan fingerprint density at radius 2 is 2.37 bits per heavy atom. The van der Waals surface area contributed by atoms with Gasteiger partial charge in [-0.2, -0.15) is 5.10 Å². The van der Waals surface area contributed by atoms with Gasteiger partial charge in [-0.3, -0.25) is 4.68 Å². The van der Waals surface area contributed by atoms with Gasteiger partial charge in [0.25, 0.3) is 0 Å². The zero-order valence-electron chi connectivity index (χ0n) is 11.6. The molecule has 4 heteroatoms. The summed E-state index contributed by atoms with van der Waals surface area (Å²) in [5, 5.41) is 7.81. The lowest BCUT2D eigenvalue weighted by molar-refractivity contribution is 0.600. The Morgan fingerprint density at radius 1 is 1.47 bits per heavy atom. The molecule has 0 aromatic carbocycles. The number of rotatable bonds is 5. The molecule has 1 N–H and O–H groups in total. The van der Waals surface area contributed by atoms with Gasteiger partial charge < -0.3 is 5.32 Å². The van der Waals surface area contributed by atoms with Crippen LogP contribution in [0.5, 0.6) is 0 Å². The van der Waals surface area contributed by atoms with Crippen LogP contribution in [-0.2, 0) is 25.8 Å². The first-order chi connectivity index (χ1) is 9.30. The minimum Gasteiger partial charge on any atom is -0.312 e. The van der Waals surface area contributed by atoms with Gasteiger partial charge in [-0.25, -0.2) is 0 Å². The number of hydrogen-bond acceptors (Lipinski definition) is 3. The normalized spacial score (nSPS) is 15.7. The van der Waals surface area contributed by atoms with Crippen molar-refractivity contribution in [1.29, 1.82) is 0 Å². The Balaban J connectivity index is 1.76. The Morgan fingerprint density at radius 3 is 3.05 bits per heavy atom. The van der Waals surface area contributed by atoms with Crippen LogP contribution in [-0.4, -0.2) is 16.8 Å². The summed E-state index contributed by atoms with van der Waals surface area (Å²) in [4.78, 5) is 3.09. The molecular weight excluding hydrogens is 254 g/mol. The largest absolute Gasteiger partial charge is 0.312 e. The molecule has 0 fully saturated rings. The van der Waals surface area contributed by atoms with E-state index in [9.17, 15) is 0 Å². The molecule has 0 amide bonds. The number of aryl methyl sites for hydroxylation is 3. The average Bonchev–Trinajstić information content (AvgIpc) is 3.10. The molecule has 1 atom stereocenters. The maximum absolute atomic E-state index is 4.36. The molecule has 2 heterocycles. The number of hydrogen-bond donors (Lipinski definition) is 1. The molecule has 0 aliphatic heterocycles. The number of fused-ring (bicyclic) bond motifs is 1. The third-order valence-electron chi connectivity index (χ3n) is 3.91. The van der Waals surface area contributed by atoms with Crippen LogP contribution in [0.2, 0.25) is 0 Å². The second-order valence-corrected chi connectivity index (χ2v) is 6.37. The maximum Gasteiger partial charge on any atom is 0.0522 e. The lowest BCUT2D eigenvalue weighted by atomic mass is 10.1. The van der Waals surface area contributed by atoms with E-state index < -0.39 is 0 Å². The molecule has 0 saturated heterocycles. The van der Waals surface area contributed by atoms with Gasteiger partial charge in [0.15, 0.2) is 0 Å². The van der Waals surface area contributed by atoms with Gasteiger partial charge in [-0.15, -0.1) is 11.3 Å². The van der Waals surface area contributed by atoms with Gasteiger partial charge >= 0.3 is 0 Å². The molecule has 2 aromatic heterocycles. The summed E-state index contributed by atoms with van der Waals surface area (Å²) in [6.45, 7) is 3.06. The fourth-order valence-corrected chi connectivity index (χ4v) is 4.16. The zero-order valence-corrected chi connectivity index (χ0v) is 12.5. The minimum atomic E-state index is 0.421. The van der Waals surface area contributed by atoms with Crippen LogP contribution in [0, 0.1) is 0 Å². The van der Waals surface area contributed by atoms with Crippen LogP contribution < -0.4 is 5.32 Å². The first-order valence-electron chi connectivity index (χ1n) is 7.10. The highest BCUT2D eigenvalue weighted by molar-refractivity contribution is 7.12. The van der Waals surface area contributed by atoms with E-state index in [2.05, 4.69) is 36.7 Å². The summed E-state index contributed by atoms with van der Waals surface area (Å²) < 4.78 is 2.00. The van der Waals surface area contributed by atoms with Gasteiger partial charge in [0.05, 0.1) is 6.20 Å². The van der Waals surface area contributed by atoms with Crippen LogP contribution in [0.4, 0.5) is 0 Å². The van der Waals surface area contributed by atoms with Crippen molar-refractivity contribution in [3.63, 3.8) is 0 Å². The highest BCUT2D eigenvalue weighted by atomic mass is 32.1. The van der Waals surface area contributed by atoms with Crippen molar-refractivity contribution < 1.29 is 0 Å². The Kier molecular flexibility index (Phi) is 3.71. The van der Waals surface area contributed by atoms with E-state index >= 15 is 0 Å². The van der Waals surface area contributed by atoms with Crippen molar-refractivity contribution in [2.75, 3.05) is 7.05 Å². The van der Waals surface area contributed by atoms with E-state index in [0.717, 1.165) is 13.0 Å². The fraction of sp³-hybridized carbons (Fsp3) is 0.533. The van der Waals surface area contributed by atoms with E-state index in [1.54, 1.807) is 10.4 Å². The minimum absolute atomic E-state index is 0.421. The van der Waals surface area contributed by atoms with Crippen molar-refractivity contribution in [3.05, 3.63) is 39.3 Å². The van der Waals surface area contributed by atoms with Crippen molar-refractivity contribution in [2.24, 2.45) is 0 Å². The average molecular weight is 275 g/mol. The fourth-order valence-electron chi connectivity index (χ4n) is 2.79. The molecule has 2 aromatic rings. The van der Waals surface area contributed by atoms with Gasteiger partial charge in [0.2, 0.25) is 0 Å². The zero-order chi connectivity index (χ0) is 13.2. The second-order valence-electron chi connectivity index (χ2n) is 5.20. The monoisotopic (exact) mass is 275 g/mol. The van der Waals surface area contributed by atoms with Crippen LogP contribution in [0.3, 0.4) is 0 Å². The number of thiophene rings is 1. The molecule has 3 nitrogen and oxygen atoms in total. The molecule has 3 rings (SSSR count). The van der Waals surface area contributed by atoms with Crippen LogP contribution in [0.1, 0.15) is 40.3 Å². The van der Waals surface area contributed by atoms with Crippen molar-refractivity contribution in [1.82, 2.24) is 15.1 Å². The summed E-state index contributed by atoms with van der Waals surface area (Å²) in [6, 6.07) is 2.84. The highest BCUT2D eigenvalue weighted by Crippen LogP contribution is 2.34. The van der Waals surface area contributed by atoms with Crippen molar-refractivity contribution in [2.45, 2.75) is 45.2 Å². The molecular formula is C15H21N3S. The standard InChI is InChI=1S/C15H21N3S/c1-3-18-10-11(9-17-18)7-13(16-2)15-8-12-5-4-6-14(12)19-15/h8-10,13,16H,3-7H2,1-2H3. The third-order valence-corrected chi connectivity index (χ3v) is 5.26. The molecule has 1 aliphatic carbocycles. The molecule has 0 radical (unpaired) electrons. The van der Waals surface area contributed by atoms with Crippen LogP contribution in [0.15, 0.2) is 18.5 Å². The number of aromatic nitrogens is 2. The molecule has 102 valence electrons. The quantitative estimate of drug-likeness (QED) is 0.909. The maximum atomic E-state index is 4.36. The van der Waals surface area contributed by atoms with E-state index in [1.807, 2.05) is 22.2 Å². The summed E-state index contributed by atoms with van der Waals surface area (Å²) in [5.74, 6) is 0. The highest BCUT2D eigenvalue weighted by Gasteiger charge is 2.19. The summed E-state index contributed by atoms with van der Waals surface area (Å²) >= 11 is 2.00. The first-order valence-corrected chi connectivity index (χ1v) is 7.92. The lowest BCUT2D eigenvalue weighted by Gasteiger charge is -2.13. The van der Waals surface area contributed by atoms with Gasteiger partial charge in [0, 0.05) is 28.5 Å². The van der Waals surface area contributed by atoms with Crippen LogP contribution in [0.25, 0.3) is 0 Å². The molecule has 1 unspecified atom stereocenters. The SMILES string of the molecule is CCn1cc(CC(NC)c2cc3c(s2)CCC3)cn1. The van der Waals surface area contributed by atoms with E-state index in [-0.39, 0.29) is 0 Å². The van der Waals surface area contributed by atoms with Crippen molar-refractivity contribution >= 4 is 11.3 Å². The number of likely N-dealkylation sites (N-methyl/N-ethyl adjacent to an activating group) is 1. The molecule has 19 heavy (non-hydrogen) atoms.